The minimum atomic E-state index is -4.27. The van der Waals surface area contributed by atoms with Gasteiger partial charge < -0.3 is 0 Å². The molecule has 0 N–H and O–H groups in total. The molecule has 0 atom stereocenters. The third kappa shape index (κ3) is 2.71. The van der Waals surface area contributed by atoms with Gasteiger partial charge in [-0.1, -0.05) is 27.7 Å². The normalized spacial score (nSPS) is 13.3. The lowest BCUT2D eigenvalue weighted by Crippen LogP contribution is -2.10. The summed E-state index contributed by atoms with van der Waals surface area (Å²) >= 11 is 0.762. The van der Waals surface area contributed by atoms with Crippen molar-refractivity contribution in [3.63, 3.8) is 0 Å². The van der Waals surface area contributed by atoms with Crippen LogP contribution in [-0.4, -0.2) is 4.98 Å². The van der Waals surface area contributed by atoms with Gasteiger partial charge in [0.1, 0.15) is 4.88 Å². The minimum absolute atomic E-state index is 0.164. The molecule has 15 heavy (non-hydrogen) atoms. The lowest BCUT2D eigenvalue weighted by atomic mass is 9.98. The smallest absolute Gasteiger partial charge is 0.245 e. The monoisotopic (exact) mass is 237 g/mol. The molecule has 0 aliphatic heterocycles. The number of halogens is 3. The van der Waals surface area contributed by atoms with Gasteiger partial charge in [0.05, 0.1) is 10.7 Å². The van der Waals surface area contributed by atoms with Gasteiger partial charge in [0.25, 0.3) is 0 Å². The average Bonchev–Trinajstić information content (AvgIpc) is 2.44. The Morgan fingerprint density at radius 3 is 2.00 bits per heavy atom. The second kappa shape index (κ2) is 3.77. The summed E-state index contributed by atoms with van der Waals surface area (Å²) in [4.78, 5) is 3.52. The number of rotatable bonds is 1. The van der Waals surface area contributed by atoms with Crippen molar-refractivity contribution in [1.82, 2.24) is 4.98 Å². The van der Waals surface area contributed by atoms with Crippen LogP contribution in [0.15, 0.2) is 0 Å². The fraction of sp³-hybridized carbons (Fsp3) is 0.700. The summed E-state index contributed by atoms with van der Waals surface area (Å²) in [5.41, 5.74) is -0.157. The van der Waals surface area contributed by atoms with E-state index in [4.69, 9.17) is 0 Å². The number of hydrogen-bond donors (Lipinski definition) is 0. The van der Waals surface area contributed by atoms with Crippen LogP contribution in [0.4, 0.5) is 13.2 Å². The largest absolute Gasteiger partial charge is 0.427 e. The van der Waals surface area contributed by atoms with Crippen molar-refractivity contribution in [2.45, 2.75) is 45.7 Å². The van der Waals surface area contributed by atoms with Gasteiger partial charge in [-0.25, -0.2) is 4.98 Å². The fourth-order valence-electron chi connectivity index (χ4n) is 1.13. The maximum Gasteiger partial charge on any atom is 0.427 e. The van der Waals surface area contributed by atoms with E-state index in [2.05, 4.69) is 4.98 Å². The van der Waals surface area contributed by atoms with Crippen LogP contribution in [0.25, 0.3) is 0 Å². The van der Waals surface area contributed by atoms with Crippen LogP contribution < -0.4 is 0 Å². The van der Waals surface area contributed by atoms with Gasteiger partial charge in [-0.2, -0.15) is 13.2 Å². The molecule has 5 heteroatoms. The van der Waals surface area contributed by atoms with Crippen molar-refractivity contribution in [2.24, 2.45) is 0 Å². The van der Waals surface area contributed by atoms with Crippen LogP contribution in [0.5, 0.6) is 0 Å². The highest BCUT2D eigenvalue weighted by Crippen LogP contribution is 2.39. The van der Waals surface area contributed by atoms with Gasteiger partial charge in [-0.3, -0.25) is 0 Å². The first-order valence-electron chi connectivity index (χ1n) is 4.73. The molecule has 86 valence electrons. The van der Waals surface area contributed by atoms with Crippen molar-refractivity contribution in [3.05, 3.63) is 15.6 Å². The summed E-state index contributed by atoms with van der Waals surface area (Å²) in [6.45, 7) is 7.29. The molecule has 0 aliphatic carbocycles. The van der Waals surface area contributed by atoms with Gasteiger partial charge in [-0.15, -0.1) is 11.3 Å². The summed E-state index contributed by atoms with van der Waals surface area (Å²) in [5.74, 6) is 0. The third-order valence-corrected chi connectivity index (χ3v) is 3.50. The predicted molar refractivity (Wildman–Crippen MR) is 55.2 cm³/mol. The highest BCUT2D eigenvalue weighted by atomic mass is 32.1. The number of nitrogens with zero attached hydrogens (tertiary/aromatic N) is 1. The topological polar surface area (TPSA) is 12.9 Å². The molecule has 0 fully saturated rings. The molecule has 0 aliphatic rings. The Hall–Kier alpha value is -0.580. The number of alkyl halides is 3. The quantitative estimate of drug-likeness (QED) is 0.718. The van der Waals surface area contributed by atoms with E-state index >= 15 is 0 Å². The average molecular weight is 237 g/mol. The van der Waals surface area contributed by atoms with Crippen LogP contribution >= 0.6 is 11.3 Å². The molecule has 0 bridgehead atoms. The first-order chi connectivity index (χ1) is 6.66. The fourth-order valence-corrected chi connectivity index (χ4v) is 2.21. The van der Waals surface area contributed by atoms with E-state index in [1.54, 1.807) is 6.92 Å². The molecule has 1 aromatic rings. The van der Waals surface area contributed by atoms with E-state index in [9.17, 15) is 13.2 Å². The Morgan fingerprint density at radius 1 is 1.20 bits per heavy atom. The Morgan fingerprint density at radius 2 is 1.73 bits per heavy atom. The standard InChI is InChI=1S/C10H14F3NS/c1-5-6-7(10(11,12)13)15-8(14-6)9(2,3)4/h5H2,1-4H3. The van der Waals surface area contributed by atoms with Crippen LogP contribution in [0.2, 0.25) is 0 Å². The molecule has 0 unspecified atom stereocenters. The van der Waals surface area contributed by atoms with E-state index in [0.29, 0.717) is 11.4 Å². The molecule has 0 saturated carbocycles. The minimum Gasteiger partial charge on any atom is -0.245 e. The maximum atomic E-state index is 12.6. The van der Waals surface area contributed by atoms with E-state index in [1.165, 1.54) is 0 Å². The van der Waals surface area contributed by atoms with Gasteiger partial charge in [0.15, 0.2) is 0 Å². The van der Waals surface area contributed by atoms with E-state index in [0.717, 1.165) is 11.3 Å². The van der Waals surface area contributed by atoms with Gasteiger partial charge >= 0.3 is 6.18 Å². The molecule has 0 aromatic carbocycles. The van der Waals surface area contributed by atoms with Gasteiger partial charge in [-0.05, 0) is 6.42 Å². The number of aryl methyl sites for hydroxylation is 1. The third-order valence-electron chi connectivity index (χ3n) is 1.93. The lowest BCUT2D eigenvalue weighted by molar-refractivity contribution is -0.135. The number of hydrogen-bond acceptors (Lipinski definition) is 2. The molecular formula is C10H14F3NS. The Balaban J connectivity index is 3.24. The Bertz CT molecular complexity index is 347. The van der Waals surface area contributed by atoms with Gasteiger partial charge in [0, 0.05) is 5.41 Å². The first kappa shape index (κ1) is 12.5. The molecular weight excluding hydrogens is 223 g/mol. The molecule has 1 rings (SSSR count). The molecule has 0 amide bonds. The Kier molecular flexibility index (Phi) is 3.14. The molecule has 1 nitrogen and oxygen atoms in total. The zero-order valence-corrected chi connectivity index (χ0v) is 10.0. The molecule has 1 heterocycles. The van der Waals surface area contributed by atoms with Gasteiger partial charge in [0.2, 0.25) is 0 Å². The number of aromatic nitrogens is 1. The van der Waals surface area contributed by atoms with E-state index in [-0.39, 0.29) is 11.1 Å². The zero-order chi connectivity index (χ0) is 11.9. The first-order valence-corrected chi connectivity index (χ1v) is 5.55. The zero-order valence-electron chi connectivity index (χ0n) is 9.20. The van der Waals surface area contributed by atoms with Crippen molar-refractivity contribution in [1.29, 1.82) is 0 Å². The molecule has 0 spiro atoms. The lowest BCUT2D eigenvalue weighted by Gasteiger charge is -2.13. The maximum absolute atomic E-state index is 12.6. The van der Waals surface area contributed by atoms with Crippen LogP contribution in [0, 0.1) is 0 Å². The molecule has 0 radical (unpaired) electrons. The SMILES string of the molecule is CCc1nc(C(C)(C)C)sc1C(F)(F)F. The van der Waals surface area contributed by atoms with Crippen molar-refractivity contribution < 1.29 is 13.2 Å². The van der Waals surface area contributed by atoms with Crippen LogP contribution in [0.1, 0.15) is 43.3 Å². The van der Waals surface area contributed by atoms with Crippen LogP contribution in [0.3, 0.4) is 0 Å². The summed E-state index contributed by atoms with van der Waals surface area (Å²) in [6.07, 6.45) is -3.95. The summed E-state index contributed by atoms with van der Waals surface area (Å²) < 4.78 is 37.8. The Labute approximate surface area is 91.3 Å². The second-order valence-electron chi connectivity index (χ2n) is 4.40. The second-order valence-corrected chi connectivity index (χ2v) is 5.40. The number of thiazole rings is 1. The summed E-state index contributed by atoms with van der Waals surface area (Å²) in [5, 5.41) is 0.548. The molecule has 1 aromatic heterocycles. The highest BCUT2D eigenvalue weighted by molar-refractivity contribution is 7.12. The van der Waals surface area contributed by atoms with Crippen molar-refractivity contribution in [3.8, 4) is 0 Å². The van der Waals surface area contributed by atoms with Crippen molar-refractivity contribution in [2.75, 3.05) is 0 Å². The summed E-state index contributed by atoms with van der Waals surface area (Å²) in [7, 11) is 0. The van der Waals surface area contributed by atoms with E-state index < -0.39 is 11.1 Å². The van der Waals surface area contributed by atoms with Crippen molar-refractivity contribution >= 4 is 11.3 Å². The molecule has 0 saturated heterocycles. The van der Waals surface area contributed by atoms with E-state index in [1.807, 2.05) is 20.8 Å². The predicted octanol–water partition coefficient (Wildman–Crippen LogP) is 4.02. The highest BCUT2D eigenvalue weighted by Gasteiger charge is 2.37. The summed E-state index contributed by atoms with van der Waals surface area (Å²) in [6, 6.07) is 0. The van der Waals surface area contributed by atoms with Crippen LogP contribution in [-0.2, 0) is 18.0 Å².